The van der Waals surface area contributed by atoms with Crippen molar-refractivity contribution in [2.75, 3.05) is 24.6 Å². The number of anilines is 1. The molecule has 1 aromatic heterocycles. The van der Waals surface area contributed by atoms with E-state index in [1.165, 1.54) is 0 Å². The molecule has 0 aliphatic carbocycles. The van der Waals surface area contributed by atoms with Gasteiger partial charge in [-0.2, -0.15) is 4.98 Å². The van der Waals surface area contributed by atoms with E-state index in [1.54, 1.807) is 6.92 Å². The predicted octanol–water partition coefficient (Wildman–Crippen LogP) is 1.73. The molecule has 1 aliphatic heterocycles. The van der Waals surface area contributed by atoms with E-state index in [1.807, 2.05) is 24.8 Å². The third-order valence-electron chi connectivity index (χ3n) is 3.56. The SMILES string of the molecule is CCCOc1cc(C)nc(N2CC(C(C)C(=O)O)C2)n1. The van der Waals surface area contributed by atoms with Crippen molar-refractivity contribution < 1.29 is 14.6 Å². The first kappa shape index (κ1) is 14.6. The molecule has 1 unspecified atom stereocenters. The lowest BCUT2D eigenvalue weighted by atomic mass is 9.87. The molecule has 0 spiro atoms. The smallest absolute Gasteiger partial charge is 0.306 e. The van der Waals surface area contributed by atoms with Crippen LogP contribution < -0.4 is 9.64 Å². The second kappa shape index (κ2) is 6.07. The minimum Gasteiger partial charge on any atom is -0.481 e. The van der Waals surface area contributed by atoms with Crippen LogP contribution in [0.1, 0.15) is 26.0 Å². The van der Waals surface area contributed by atoms with Crippen molar-refractivity contribution in [2.45, 2.75) is 27.2 Å². The Balaban J connectivity index is 2.00. The molecule has 1 atom stereocenters. The van der Waals surface area contributed by atoms with E-state index in [2.05, 4.69) is 9.97 Å². The Morgan fingerprint density at radius 2 is 2.25 bits per heavy atom. The van der Waals surface area contributed by atoms with Crippen molar-refractivity contribution in [1.82, 2.24) is 9.97 Å². The number of aliphatic carboxylic acids is 1. The maximum atomic E-state index is 10.9. The summed E-state index contributed by atoms with van der Waals surface area (Å²) >= 11 is 0. The van der Waals surface area contributed by atoms with E-state index in [-0.39, 0.29) is 11.8 Å². The van der Waals surface area contributed by atoms with Crippen LogP contribution in [-0.4, -0.2) is 40.7 Å². The van der Waals surface area contributed by atoms with Gasteiger partial charge >= 0.3 is 5.97 Å². The minimum atomic E-state index is -0.744. The van der Waals surface area contributed by atoms with Gasteiger partial charge < -0.3 is 14.7 Å². The molecule has 0 aromatic carbocycles. The summed E-state index contributed by atoms with van der Waals surface area (Å²) in [7, 11) is 0. The standard InChI is InChI=1S/C14H21N3O3/c1-4-5-20-12-6-9(2)15-14(16-12)17-7-11(8-17)10(3)13(18)19/h6,10-11H,4-5,7-8H2,1-3H3,(H,18,19). The molecule has 1 aromatic rings. The van der Waals surface area contributed by atoms with Crippen LogP contribution in [0, 0.1) is 18.8 Å². The lowest BCUT2D eigenvalue weighted by Crippen LogP contribution is -2.51. The number of hydrogen-bond acceptors (Lipinski definition) is 5. The molecule has 20 heavy (non-hydrogen) atoms. The van der Waals surface area contributed by atoms with Crippen molar-refractivity contribution in [3.05, 3.63) is 11.8 Å². The molecular weight excluding hydrogens is 258 g/mol. The quantitative estimate of drug-likeness (QED) is 0.854. The zero-order valence-corrected chi connectivity index (χ0v) is 12.2. The van der Waals surface area contributed by atoms with Gasteiger partial charge in [0.1, 0.15) is 0 Å². The van der Waals surface area contributed by atoms with E-state index in [0.29, 0.717) is 31.5 Å². The van der Waals surface area contributed by atoms with Crippen LogP contribution in [0.25, 0.3) is 0 Å². The van der Waals surface area contributed by atoms with Gasteiger partial charge in [0.25, 0.3) is 0 Å². The van der Waals surface area contributed by atoms with Crippen molar-refractivity contribution in [1.29, 1.82) is 0 Å². The molecule has 1 aliphatic rings. The highest BCUT2D eigenvalue weighted by Gasteiger charge is 2.36. The van der Waals surface area contributed by atoms with Gasteiger partial charge in [-0.05, 0) is 13.3 Å². The normalized spacial score (nSPS) is 16.6. The molecule has 2 heterocycles. The first-order valence-corrected chi connectivity index (χ1v) is 6.97. The van der Waals surface area contributed by atoms with E-state index in [9.17, 15) is 4.79 Å². The van der Waals surface area contributed by atoms with E-state index < -0.39 is 5.97 Å². The molecule has 1 saturated heterocycles. The van der Waals surface area contributed by atoms with Crippen LogP contribution in [0.15, 0.2) is 6.07 Å². The van der Waals surface area contributed by atoms with Crippen molar-refractivity contribution >= 4 is 11.9 Å². The number of carboxylic acid groups (broad SMARTS) is 1. The molecule has 0 bridgehead atoms. The fourth-order valence-corrected chi connectivity index (χ4v) is 2.14. The zero-order valence-electron chi connectivity index (χ0n) is 12.2. The number of carbonyl (C=O) groups is 1. The molecule has 0 radical (unpaired) electrons. The number of aryl methyl sites for hydroxylation is 1. The summed E-state index contributed by atoms with van der Waals surface area (Å²) in [4.78, 5) is 21.7. The number of hydrogen-bond donors (Lipinski definition) is 1. The van der Waals surface area contributed by atoms with E-state index >= 15 is 0 Å². The fraction of sp³-hybridized carbons (Fsp3) is 0.643. The lowest BCUT2D eigenvalue weighted by molar-refractivity contribution is -0.143. The number of ether oxygens (including phenoxy) is 1. The Morgan fingerprint density at radius 3 is 2.85 bits per heavy atom. The Bertz CT molecular complexity index is 487. The van der Waals surface area contributed by atoms with Crippen LogP contribution in [0.2, 0.25) is 0 Å². The maximum absolute atomic E-state index is 10.9. The van der Waals surface area contributed by atoms with Gasteiger partial charge in [-0.1, -0.05) is 13.8 Å². The van der Waals surface area contributed by atoms with Gasteiger partial charge in [0.2, 0.25) is 11.8 Å². The summed E-state index contributed by atoms with van der Waals surface area (Å²) in [6, 6.07) is 1.82. The molecule has 0 amide bonds. The summed E-state index contributed by atoms with van der Waals surface area (Å²) in [5.74, 6) is 0.310. The minimum absolute atomic E-state index is 0.164. The van der Waals surface area contributed by atoms with E-state index in [0.717, 1.165) is 12.1 Å². The topological polar surface area (TPSA) is 75.5 Å². The summed E-state index contributed by atoms with van der Waals surface area (Å²) in [6.07, 6.45) is 0.931. The lowest BCUT2D eigenvalue weighted by Gasteiger charge is -2.41. The van der Waals surface area contributed by atoms with Gasteiger partial charge in [-0.25, -0.2) is 4.98 Å². The van der Waals surface area contributed by atoms with Crippen LogP contribution in [0.5, 0.6) is 5.88 Å². The average Bonchev–Trinajstić information content (AvgIpc) is 2.33. The van der Waals surface area contributed by atoms with Crippen LogP contribution in [0.3, 0.4) is 0 Å². The van der Waals surface area contributed by atoms with Gasteiger partial charge in [0, 0.05) is 30.8 Å². The Morgan fingerprint density at radius 1 is 1.55 bits per heavy atom. The van der Waals surface area contributed by atoms with Gasteiger partial charge in [-0.15, -0.1) is 0 Å². The van der Waals surface area contributed by atoms with Crippen LogP contribution >= 0.6 is 0 Å². The molecule has 1 fully saturated rings. The van der Waals surface area contributed by atoms with E-state index in [4.69, 9.17) is 9.84 Å². The maximum Gasteiger partial charge on any atom is 0.306 e. The number of carboxylic acids is 1. The highest BCUT2D eigenvalue weighted by Crippen LogP contribution is 2.28. The Labute approximate surface area is 118 Å². The van der Waals surface area contributed by atoms with Gasteiger partial charge in [-0.3, -0.25) is 4.79 Å². The summed E-state index contributed by atoms with van der Waals surface area (Å²) in [5, 5.41) is 8.99. The third kappa shape index (κ3) is 3.18. The molecular formula is C14H21N3O3. The second-order valence-electron chi connectivity index (χ2n) is 5.29. The fourth-order valence-electron chi connectivity index (χ4n) is 2.14. The van der Waals surface area contributed by atoms with Crippen LogP contribution in [-0.2, 0) is 4.79 Å². The molecule has 1 N–H and O–H groups in total. The largest absolute Gasteiger partial charge is 0.481 e. The van der Waals surface area contributed by atoms with Gasteiger partial charge in [0.15, 0.2) is 0 Å². The molecule has 6 heteroatoms. The number of nitrogens with zero attached hydrogens (tertiary/aromatic N) is 3. The second-order valence-corrected chi connectivity index (χ2v) is 5.29. The highest BCUT2D eigenvalue weighted by molar-refractivity contribution is 5.70. The Kier molecular flexibility index (Phi) is 4.42. The average molecular weight is 279 g/mol. The van der Waals surface area contributed by atoms with Crippen LogP contribution in [0.4, 0.5) is 5.95 Å². The molecule has 6 nitrogen and oxygen atoms in total. The highest BCUT2D eigenvalue weighted by atomic mass is 16.5. The van der Waals surface area contributed by atoms with Crippen molar-refractivity contribution in [2.24, 2.45) is 11.8 Å². The summed E-state index contributed by atoms with van der Waals surface area (Å²) in [6.45, 7) is 7.70. The van der Waals surface area contributed by atoms with Crippen molar-refractivity contribution in [3.8, 4) is 5.88 Å². The predicted molar refractivity (Wildman–Crippen MR) is 75.1 cm³/mol. The number of aromatic nitrogens is 2. The Hall–Kier alpha value is -1.85. The summed E-state index contributed by atoms with van der Waals surface area (Å²) < 4.78 is 5.54. The summed E-state index contributed by atoms with van der Waals surface area (Å²) in [5.41, 5.74) is 0.857. The zero-order chi connectivity index (χ0) is 14.7. The first-order chi connectivity index (χ1) is 9.51. The molecule has 0 saturated carbocycles. The first-order valence-electron chi connectivity index (χ1n) is 6.97. The van der Waals surface area contributed by atoms with Gasteiger partial charge in [0.05, 0.1) is 12.5 Å². The number of rotatable bonds is 6. The monoisotopic (exact) mass is 279 g/mol. The van der Waals surface area contributed by atoms with Crippen molar-refractivity contribution in [3.63, 3.8) is 0 Å². The third-order valence-corrected chi connectivity index (χ3v) is 3.56. The molecule has 2 rings (SSSR count). The molecule has 110 valence electrons.